The maximum absolute atomic E-state index is 12.0. The van der Waals surface area contributed by atoms with Crippen LogP contribution in [0.1, 0.15) is 0 Å². The van der Waals surface area contributed by atoms with Crippen molar-refractivity contribution >= 4 is 22.5 Å². The Kier molecular flexibility index (Phi) is 2.78. The van der Waals surface area contributed by atoms with E-state index < -0.39 is 10.9 Å². The predicted molar refractivity (Wildman–Crippen MR) is 89.1 cm³/mol. The van der Waals surface area contributed by atoms with Crippen LogP contribution >= 0.6 is 11.6 Å². The van der Waals surface area contributed by atoms with Gasteiger partial charge in [0, 0.05) is 16.5 Å². The minimum atomic E-state index is -0.610. The SMILES string of the molecule is O=c1c(Cl)c(-c2c(-c3ccccc3)[nH]c3ccccc23)c1=O. The van der Waals surface area contributed by atoms with E-state index in [9.17, 15) is 9.59 Å². The first-order valence-corrected chi connectivity index (χ1v) is 7.21. The van der Waals surface area contributed by atoms with Gasteiger partial charge in [-0.3, -0.25) is 9.59 Å². The van der Waals surface area contributed by atoms with Crippen molar-refractivity contribution in [1.82, 2.24) is 4.98 Å². The summed E-state index contributed by atoms with van der Waals surface area (Å²) in [4.78, 5) is 26.8. The van der Waals surface area contributed by atoms with E-state index in [1.54, 1.807) is 0 Å². The Bertz CT molecular complexity index is 1070. The first kappa shape index (κ1) is 13.0. The Morgan fingerprint density at radius 2 is 1.45 bits per heavy atom. The highest BCUT2D eigenvalue weighted by atomic mass is 35.5. The lowest BCUT2D eigenvalue weighted by atomic mass is 9.95. The third kappa shape index (κ3) is 1.69. The van der Waals surface area contributed by atoms with Crippen molar-refractivity contribution < 1.29 is 0 Å². The Labute approximate surface area is 130 Å². The Morgan fingerprint density at radius 3 is 2.18 bits per heavy atom. The standard InChI is InChI=1S/C18H10ClNO2/c19-15-14(17(21)18(15)22)13-11-8-4-5-9-12(11)20-16(13)10-6-2-1-3-7-10/h1-9,20H. The molecule has 106 valence electrons. The van der Waals surface area contributed by atoms with Crippen LogP contribution in [0.15, 0.2) is 64.2 Å². The average Bonchev–Trinajstić information content (AvgIpc) is 2.95. The van der Waals surface area contributed by atoms with Gasteiger partial charge in [0.25, 0.3) is 0 Å². The molecule has 1 heterocycles. The van der Waals surface area contributed by atoms with Crippen molar-refractivity contribution in [2.24, 2.45) is 0 Å². The first-order chi connectivity index (χ1) is 10.7. The molecule has 0 saturated carbocycles. The molecule has 0 saturated heterocycles. The van der Waals surface area contributed by atoms with Crippen LogP contribution in [0.2, 0.25) is 5.02 Å². The maximum Gasteiger partial charge on any atom is 0.245 e. The zero-order chi connectivity index (χ0) is 15.3. The molecule has 1 aromatic heterocycles. The second-order valence-corrected chi connectivity index (χ2v) is 5.51. The summed E-state index contributed by atoms with van der Waals surface area (Å²) < 4.78 is 0. The van der Waals surface area contributed by atoms with E-state index in [0.717, 1.165) is 22.2 Å². The minimum Gasteiger partial charge on any atom is -0.354 e. The van der Waals surface area contributed by atoms with E-state index in [4.69, 9.17) is 11.6 Å². The molecule has 0 aliphatic heterocycles. The maximum atomic E-state index is 12.0. The number of aromatic nitrogens is 1. The summed E-state index contributed by atoms with van der Waals surface area (Å²) >= 11 is 6.01. The molecule has 4 heteroatoms. The molecule has 4 aromatic rings. The Balaban J connectivity index is 2.13. The number of aromatic amines is 1. The number of fused-ring (bicyclic) bond motifs is 1. The summed E-state index contributed by atoms with van der Waals surface area (Å²) in [7, 11) is 0. The number of H-pyrrole nitrogens is 1. The van der Waals surface area contributed by atoms with Gasteiger partial charge in [0.05, 0.1) is 11.3 Å². The molecule has 0 unspecified atom stereocenters. The van der Waals surface area contributed by atoms with Gasteiger partial charge in [-0.25, -0.2) is 0 Å². The van der Waals surface area contributed by atoms with Gasteiger partial charge in [0.2, 0.25) is 10.9 Å². The van der Waals surface area contributed by atoms with Gasteiger partial charge < -0.3 is 4.98 Å². The van der Waals surface area contributed by atoms with Crippen molar-refractivity contribution in [3.8, 4) is 22.4 Å². The van der Waals surface area contributed by atoms with Crippen LogP contribution in [-0.4, -0.2) is 4.98 Å². The van der Waals surface area contributed by atoms with Crippen molar-refractivity contribution in [2.75, 3.05) is 0 Å². The normalized spacial score (nSPS) is 11.3. The van der Waals surface area contributed by atoms with Crippen LogP contribution in [0.3, 0.4) is 0 Å². The second kappa shape index (κ2) is 4.68. The highest BCUT2D eigenvalue weighted by Gasteiger charge is 2.26. The molecule has 3 aromatic carbocycles. The number of rotatable bonds is 2. The van der Waals surface area contributed by atoms with Gasteiger partial charge in [0.15, 0.2) is 0 Å². The molecule has 0 radical (unpaired) electrons. The molecule has 0 aliphatic rings. The largest absolute Gasteiger partial charge is 0.354 e. The topological polar surface area (TPSA) is 49.9 Å². The molecule has 3 nitrogen and oxygen atoms in total. The highest BCUT2D eigenvalue weighted by Crippen LogP contribution is 2.39. The summed E-state index contributed by atoms with van der Waals surface area (Å²) in [5.41, 5.74) is 2.53. The molecule has 4 rings (SSSR count). The molecular weight excluding hydrogens is 298 g/mol. The number of halogens is 1. The number of nitrogens with one attached hydrogen (secondary N) is 1. The first-order valence-electron chi connectivity index (χ1n) is 6.84. The van der Waals surface area contributed by atoms with Crippen LogP contribution in [0.4, 0.5) is 0 Å². The third-order valence-electron chi connectivity index (χ3n) is 3.87. The fraction of sp³-hybridized carbons (Fsp3) is 0. The second-order valence-electron chi connectivity index (χ2n) is 5.13. The van der Waals surface area contributed by atoms with E-state index in [1.165, 1.54) is 0 Å². The Hall–Kier alpha value is -2.65. The number of hydrogen-bond acceptors (Lipinski definition) is 2. The van der Waals surface area contributed by atoms with Crippen LogP contribution in [0.25, 0.3) is 33.3 Å². The van der Waals surface area contributed by atoms with Gasteiger partial charge >= 0.3 is 0 Å². The van der Waals surface area contributed by atoms with E-state index in [2.05, 4.69) is 4.98 Å². The number of benzene rings is 2. The van der Waals surface area contributed by atoms with Gasteiger partial charge in [-0.1, -0.05) is 60.1 Å². The molecule has 0 fully saturated rings. The minimum absolute atomic E-state index is 0.0203. The molecule has 22 heavy (non-hydrogen) atoms. The lowest BCUT2D eigenvalue weighted by Gasteiger charge is -2.08. The van der Waals surface area contributed by atoms with Crippen LogP contribution in [-0.2, 0) is 0 Å². The smallest absolute Gasteiger partial charge is 0.245 e. The monoisotopic (exact) mass is 307 g/mol. The fourth-order valence-electron chi connectivity index (χ4n) is 2.81. The van der Waals surface area contributed by atoms with Crippen LogP contribution < -0.4 is 10.9 Å². The summed E-state index contributed by atoms with van der Waals surface area (Å²) in [6, 6.07) is 17.3. The van der Waals surface area contributed by atoms with Crippen LogP contribution in [0, 0.1) is 0 Å². The van der Waals surface area contributed by atoms with Gasteiger partial charge in [-0.2, -0.15) is 0 Å². The lowest BCUT2D eigenvalue weighted by molar-refractivity contribution is 1.40. The molecule has 0 bridgehead atoms. The molecule has 0 atom stereocenters. The highest BCUT2D eigenvalue weighted by molar-refractivity contribution is 6.35. The van der Waals surface area contributed by atoms with Gasteiger partial charge in [0.1, 0.15) is 5.02 Å². The zero-order valence-corrected chi connectivity index (χ0v) is 12.1. The molecule has 0 amide bonds. The summed E-state index contributed by atoms with van der Waals surface area (Å²) in [6.45, 7) is 0. The summed E-state index contributed by atoms with van der Waals surface area (Å²) in [5.74, 6) is 0. The molecule has 0 aliphatic carbocycles. The van der Waals surface area contributed by atoms with Crippen molar-refractivity contribution in [1.29, 1.82) is 0 Å². The summed E-state index contributed by atoms with van der Waals surface area (Å²) in [5, 5.41) is 0.905. The average molecular weight is 308 g/mol. The predicted octanol–water partition coefficient (Wildman–Crippen LogP) is 3.75. The van der Waals surface area contributed by atoms with Crippen molar-refractivity contribution in [3.63, 3.8) is 0 Å². The Morgan fingerprint density at radius 1 is 0.773 bits per heavy atom. The number of para-hydroxylation sites is 1. The van der Waals surface area contributed by atoms with Crippen molar-refractivity contribution in [3.05, 3.63) is 80.1 Å². The van der Waals surface area contributed by atoms with Crippen molar-refractivity contribution in [2.45, 2.75) is 0 Å². The zero-order valence-electron chi connectivity index (χ0n) is 11.4. The lowest BCUT2D eigenvalue weighted by Crippen LogP contribution is -2.33. The quantitative estimate of drug-likeness (QED) is 0.573. The van der Waals surface area contributed by atoms with E-state index >= 15 is 0 Å². The molecule has 0 spiro atoms. The third-order valence-corrected chi connectivity index (χ3v) is 4.23. The van der Waals surface area contributed by atoms with Crippen LogP contribution in [0.5, 0.6) is 0 Å². The summed E-state index contributed by atoms with van der Waals surface area (Å²) in [6.07, 6.45) is 0. The number of hydrogen-bond donors (Lipinski definition) is 1. The molecular formula is C18H10ClNO2. The van der Waals surface area contributed by atoms with E-state index in [1.807, 2.05) is 54.6 Å². The van der Waals surface area contributed by atoms with Gasteiger partial charge in [-0.05, 0) is 11.6 Å². The van der Waals surface area contributed by atoms with Gasteiger partial charge in [-0.15, -0.1) is 0 Å². The van der Waals surface area contributed by atoms with E-state index in [0.29, 0.717) is 11.1 Å². The molecule has 1 N–H and O–H groups in total. The van der Waals surface area contributed by atoms with E-state index in [-0.39, 0.29) is 5.02 Å². The fourth-order valence-corrected chi connectivity index (χ4v) is 3.08.